The molecule has 0 bridgehead atoms. The standard InChI is InChI=1S/C74H64N2/c1-47(2)65-45-71(75(67-33-21-19-31-59(67)53-25-11-9-12-26-53)69-43-55(37-35-51(69)7)57-29-17-15-23-49(57)5)63-42-40-62-66(48(3)4)46-72(64-41-39-61(65)73(63)74(62)64)76(68-34-22-20-32-60(68)54-27-13-10-14-28-54)70-44-56(38-36-52(70)8)58-30-18-16-24-50(58)6/h9-48H,1-8H3. The van der Waals surface area contributed by atoms with Crippen molar-refractivity contribution in [2.45, 2.75) is 67.2 Å². The molecule has 2 heteroatoms. The zero-order valence-electron chi connectivity index (χ0n) is 45.0. The second-order valence-electron chi connectivity index (χ2n) is 21.4. The van der Waals surface area contributed by atoms with Crippen LogP contribution in [0.1, 0.15) is 72.9 Å². The Morgan fingerprint density at radius 2 is 0.592 bits per heavy atom. The lowest BCUT2D eigenvalue weighted by Gasteiger charge is -2.34. The van der Waals surface area contributed by atoms with Gasteiger partial charge >= 0.3 is 0 Å². The Morgan fingerprint density at radius 1 is 0.250 bits per heavy atom. The van der Waals surface area contributed by atoms with E-state index in [9.17, 15) is 0 Å². The molecular formula is C74H64N2. The van der Waals surface area contributed by atoms with Gasteiger partial charge in [0.2, 0.25) is 0 Å². The van der Waals surface area contributed by atoms with Crippen molar-refractivity contribution in [2.24, 2.45) is 0 Å². The summed E-state index contributed by atoms with van der Waals surface area (Å²) in [5.74, 6) is 0.470. The first kappa shape index (κ1) is 48.2. The minimum Gasteiger partial charge on any atom is -0.309 e. The molecule has 0 heterocycles. The van der Waals surface area contributed by atoms with Crippen molar-refractivity contribution in [1.82, 2.24) is 0 Å². The Morgan fingerprint density at radius 3 is 0.974 bits per heavy atom. The Labute approximate surface area is 449 Å². The van der Waals surface area contributed by atoms with E-state index in [0.717, 1.165) is 22.7 Å². The zero-order valence-corrected chi connectivity index (χ0v) is 45.0. The van der Waals surface area contributed by atoms with E-state index in [1.54, 1.807) is 0 Å². The zero-order chi connectivity index (χ0) is 52.2. The Bertz CT molecular complexity index is 3840. The van der Waals surface area contributed by atoms with Gasteiger partial charge in [-0.15, -0.1) is 0 Å². The number of anilines is 6. The van der Waals surface area contributed by atoms with Crippen molar-refractivity contribution >= 4 is 66.4 Å². The highest BCUT2D eigenvalue weighted by Gasteiger charge is 2.29. The van der Waals surface area contributed by atoms with Crippen LogP contribution < -0.4 is 9.80 Å². The fourth-order valence-corrected chi connectivity index (χ4v) is 12.0. The molecule has 0 amide bonds. The number of aryl methyl sites for hydroxylation is 4. The smallest absolute Gasteiger partial charge is 0.0543 e. The van der Waals surface area contributed by atoms with Gasteiger partial charge in [-0.1, -0.05) is 222 Å². The lowest BCUT2D eigenvalue weighted by atomic mass is 9.83. The molecular weight excluding hydrogens is 917 g/mol. The number of rotatable bonds is 12. The van der Waals surface area contributed by atoms with Crippen LogP contribution in [-0.4, -0.2) is 0 Å². The molecule has 12 aromatic carbocycles. The summed E-state index contributed by atoms with van der Waals surface area (Å²) in [7, 11) is 0. The predicted molar refractivity (Wildman–Crippen MR) is 328 cm³/mol. The molecule has 0 N–H and O–H groups in total. The molecule has 370 valence electrons. The van der Waals surface area contributed by atoms with Crippen LogP contribution in [0.25, 0.3) is 76.8 Å². The number of hydrogen-bond acceptors (Lipinski definition) is 2. The molecule has 0 aliphatic rings. The van der Waals surface area contributed by atoms with Crippen molar-refractivity contribution in [3.63, 3.8) is 0 Å². The Kier molecular flexibility index (Phi) is 12.6. The van der Waals surface area contributed by atoms with Gasteiger partial charge in [-0.3, -0.25) is 0 Å². The van der Waals surface area contributed by atoms with E-state index in [-0.39, 0.29) is 11.8 Å². The third-order valence-electron chi connectivity index (χ3n) is 15.9. The monoisotopic (exact) mass is 981 g/mol. The minimum absolute atomic E-state index is 0.235. The van der Waals surface area contributed by atoms with Crippen molar-refractivity contribution in [2.75, 3.05) is 9.80 Å². The highest BCUT2D eigenvalue weighted by molar-refractivity contribution is 6.29. The van der Waals surface area contributed by atoms with Gasteiger partial charge in [0.1, 0.15) is 0 Å². The predicted octanol–water partition coefficient (Wildman–Crippen LogP) is 21.7. The van der Waals surface area contributed by atoms with Gasteiger partial charge in [0.15, 0.2) is 0 Å². The van der Waals surface area contributed by atoms with Gasteiger partial charge in [-0.25, -0.2) is 0 Å². The van der Waals surface area contributed by atoms with Gasteiger partial charge in [0, 0.05) is 33.3 Å². The molecule has 0 aromatic heterocycles. The SMILES string of the molecule is Cc1ccccc1-c1ccc(C)c(N(c2ccccc2-c2ccccc2)c2cc(C(C)C)c3ccc4c(N(c5cc(-c6ccccc6C)ccc5C)c5ccccc5-c5ccccc5)cc(C(C)C)c5ccc2c3c54)c1. The molecule has 12 rings (SSSR count). The second-order valence-corrected chi connectivity index (χ2v) is 21.4. The summed E-state index contributed by atoms with van der Waals surface area (Å²) in [6.45, 7) is 18.4. The van der Waals surface area contributed by atoms with Crippen LogP contribution in [0.4, 0.5) is 34.1 Å². The topological polar surface area (TPSA) is 6.48 Å². The fourth-order valence-electron chi connectivity index (χ4n) is 12.0. The van der Waals surface area contributed by atoms with Crippen LogP contribution in [0.15, 0.2) is 231 Å². The van der Waals surface area contributed by atoms with Crippen molar-refractivity contribution < 1.29 is 0 Å². The first-order chi connectivity index (χ1) is 37.0. The van der Waals surface area contributed by atoms with E-state index in [2.05, 4.69) is 296 Å². The fraction of sp³-hybridized carbons (Fsp3) is 0.135. The average molecular weight is 981 g/mol. The molecule has 0 aliphatic carbocycles. The molecule has 0 fully saturated rings. The third-order valence-corrected chi connectivity index (χ3v) is 15.9. The Hall–Kier alpha value is -8.72. The molecule has 0 radical (unpaired) electrons. The number of nitrogens with zero attached hydrogens (tertiary/aromatic N) is 2. The highest BCUT2D eigenvalue weighted by Crippen LogP contribution is 2.54. The van der Waals surface area contributed by atoms with E-state index in [1.165, 1.54) is 122 Å². The van der Waals surface area contributed by atoms with Crippen LogP contribution in [0.5, 0.6) is 0 Å². The molecule has 0 spiro atoms. The summed E-state index contributed by atoms with van der Waals surface area (Å²) >= 11 is 0. The normalized spacial score (nSPS) is 11.7. The largest absolute Gasteiger partial charge is 0.309 e. The lowest BCUT2D eigenvalue weighted by molar-refractivity contribution is 0.875. The van der Waals surface area contributed by atoms with E-state index < -0.39 is 0 Å². The first-order valence-corrected chi connectivity index (χ1v) is 27.1. The average Bonchev–Trinajstić information content (AvgIpc) is 3.63. The van der Waals surface area contributed by atoms with E-state index in [0.29, 0.717) is 0 Å². The first-order valence-electron chi connectivity index (χ1n) is 27.1. The molecule has 2 nitrogen and oxygen atoms in total. The van der Waals surface area contributed by atoms with Gasteiger partial charge in [0.25, 0.3) is 0 Å². The van der Waals surface area contributed by atoms with Crippen molar-refractivity contribution in [3.05, 3.63) is 264 Å². The van der Waals surface area contributed by atoms with Gasteiger partial charge in [-0.2, -0.15) is 0 Å². The molecule has 76 heavy (non-hydrogen) atoms. The molecule has 0 unspecified atom stereocenters. The van der Waals surface area contributed by atoms with Gasteiger partial charge in [-0.05, 0) is 164 Å². The summed E-state index contributed by atoms with van der Waals surface area (Å²) in [5, 5.41) is 7.65. The number of hydrogen-bond donors (Lipinski definition) is 0. The van der Waals surface area contributed by atoms with E-state index in [4.69, 9.17) is 0 Å². The Balaban J connectivity index is 1.21. The quantitative estimate of drug-likeness (QED) is 0.113. The summed E-state index contributed by atoms with van der Waals surface area (Å²) in [6, 6.07) is 86.1. The maximum absolute atomic E-state index is 2.59. The molecule has 0 saturated heterocycles. The lowest BCUT2D eigenvalue weighted by Crippen LogP contribution is -2.15. The van der Waals surface area contributed by atoms with Gasteiger partial charge in [0.05, 0.1) is 22.7 Å². The highest BCUT2D eigenvalue weighted by atomic mass is 15.2. The van der Waals surface area contributed by atoms with Crippen LogP contribution in [0.2, 0.25) is 0 Å². The molecule has 0 saturated carbocycles. The molecule has 0 aliphatic heterocycles. The third kappa shape index (κ3) is 8.39. The van der Waals surface area contributed by atoms with Crippen LogP contribution in [0.3, 0.4) is 0 Å². The van der Waals surface area contributed by atoms with E-state index >= 15 is 0 Å². The molecule has 0 atom stereocenters. The maximum atomic E-state index is 2.59. The summed E-state index contributed by atoms with van der Waals surface area (Å²) < 4.78 is 0. The molecule has 12 aromatic rings. The number of para-hydroxylation sites is 2. The van der Waals surface area contributed by atoms with E-state index in [1.807, 2.05) is 0 Å². The maximum Gasteiger partial charge on any atom is 0.0543 e. The van der Waals surface area contributed by atoms with Crippen molar-refractivity contribution in [3.8, 4) is 44.5 Å². The van der Waals surface area contributed by atoms with Crippen molar-refractivity contribution in [1.29, 1.82) is 0 Å². The summed E-state index contributed by atoms with van der Waals surface area (Å²) in [5.41, 5.74) is 24.1. The van der Waals surface area contributed by atoms with Crippen LogP contribution in [-0.2, 0) is 0 Å². The number of benzene rings is 12. The summed E-state index contributed by atoms with van der Waals surface area (Å²) in [4.78, 5) is 5.18. The van der Waals surface area contributed by atoms with Gasteiger partial charge < -0.3 is 9.80 Å². The van der Waals surface area contributed by atoms with Crippen LogP contribution in [0, 0.1) is 27.7 Å². The second kappa shape index (κ2) is 19.9. The van der Waals surface area contributed by atoms with Crippen LogP contribution >= 0.6 is 0 Å². The summed E-state index contributed by atoms with van der Waals surface area (Å²) in [6.07, 6.45) is 0. The minimum atomic E-state index is 0.235.